The number of carbonyl (C=O) groups excluding carboxylic acids is 4. The number of halogens is 1. The predicted octanol–water partition coefficient (Wildman–Crippen LogP) is 5.93. The van der Waals surface area contributed by atoms with E-state index in [1.165, 1.54) is 37.6 Å². The first-order valence-electron chi connectivity index (χ1n) is 21.8. The second-order valence-corrected chi connectivity index (χ2v) is 16.2. The molecule has 2 fully saturated rings. The third kappa shape index (κ3) is 16.2. The number of anilines is 2. The van der Waals surface area contributed by atoms with Crippen LogP contribution in [0.5, 0.6) is 0 Å². The third-order valence-electron chi connectivity index (χ3n) is 10.5. The minimum absolute atomic E-state index is 0. The number of urea groups is 2. The molecule has 356 valence electrons. The Bertz CT molecular complexity index is 2620. The van der Waals surface area contributed by atoms with Crippen LogP contribution in [0.3, 0.4) is 0 Å². The molecule has 0 bridgehead atoms. The Kier molecular flexibility index (Phi) is 19.3. The SMILES string of the molecule is C.CCc1ccc(CNc2nc(Cl)nc(CN3CC(=O)NC3=O)n2)cc1.Cc1ccc(CCc2nc(CN3CC(=O)NC3=O)nc(NCc3ccc(CN)cc3)n2)cc1.Cc1ccc(CN)cc1. The number of hydrogen-bond donors (Lipinski definition) is 6. The van der Waals surface area contributed by atoms with Gasteiger partial charge in [0.25, 0.3) is 0 Å². The van der Waals surface area contributed by atoms with Gasteiger partial charge in [-0.3, -0.25) is 20.2 Å². The van der Waals surface area contributed by atoms with Gasteiger partial charge in [-0.25, -0.2) is 19.6 Å². The average molecular weight is 944 g/mol. The maximum atomic E-state index is 12.0. The van der Waals surface area contributed by atoms with Gasteiger partial charge in [-0.2, -0.15) is 19.9 Å². The number of benzene rings is 4. The fourth-order valence-corrected chi connectivity index (χ4v) is 6.79. The fraction of sp³-hybridized carbons (Fsp3) is 0.306. The minimum atomic E-state index is -0.466. The van der Waals surface area contributed by atoms with Crippen LogP contribution in [0.25, 0.3) is 0 Å². The lowest BCUT2D eigenvalue weighted by atomic mass is 10.1. The number of nitrogens with two attached hydrogens (primary N) is 2. The Morgan fingerprint density at radius 1 is 0.529 bits per heavy atom. The number of imide groups is 2. The first-order chi connectivity index (χ1) is 32.3. The third-order valence-corrected chi connectivity index (χ3v) is 10.7. The number of aryl methyl sites for hydroxylation is 5. The molecule has 8 N–H and O–H groups in total. The van der Waals surface area contributed by atoms with E-state index in [2.05, 4.69) is 133 Å². The Labute approximate surface area is 401 Å². The van der Waals surface area contributed by atoms with Gasteiger partial charge in [-0.05, 0) is 71.7 Å². The predicted molar refractivity (Wildman–Crippen MR) is 262 cm³/mol. The molecule has 0 saturated carbocycles. The highest BCUT2D eigenvalue weighted by molar-refractivity contribution is 6.28. The summed E-state index contributed by atoms with van der Waals surface area (Å²) in [5, 5.41) is 10.8. The van der Waals surface area contributed by atoms with Gasteiger partial charge in [-0.1, -0.05) is 123 Å². The number of nitrogens with one attached hydrogen (secondary N) is 4. The molecule has 2 aliphatic rings. The number of rotatable bonds is 16. The molecular weight excluding hydrogens is 884 g/mol. The number of aromatic nitrogens is 6. The molecular formula is C49H59ClN14O4. The van der Waals surface area contributed by atoms with Gasteiger partial charge in [0.05, 0.1) is 13.1 Å². The van der Waals surface area contributed by atoms with Crippen LogP contribution in [-0.4, -0.2) is 76.7 Å². The van der Waals surface area contributed by atoms with Crippen molar-refractivity contribution in [3.63, 3.8) is 0 Å². The Morgan fingerprint density at radius 2 is 0.926 bits per heavy atom. The van der Waals surface area contributed by atoms with Crippen molar-refractivity contribution in [2.24, 2.45) is 11.5 Å². The molecule has 19 heteroatoms. The summed E-state index contributed by atoms with van der Waals surface area (Å²) in [5.74, 6) is 1.47. The maximum Gasteiger partial charge on any atom is 0.324 e. The highest BCUT2D eigenvalue weighted by Gasteiger charge is 2.28. The normalized spacial score (nSPS) is 12.9. The maximum absolute atomic E-state index is 12.0. The molecule has 6 amide bonds. The Balaban J connectivity index is 0.000000217. The van der Waals surface area contributed by atoms with Crippen LogP contribution in [-0.2, 0) is 68.1 Å². The number of hydrogen-bond acceptors (Lipinski definition) is 14. The topological polar surface area (TPSA) is 252 Å². The Morgan fingerprint density at radius 3 is 1.37 bits per heavy atom. The summed E-state index contributed by atoms with van der Waals surface area (Å²) in [6, 6.07) is 31.9. The molecule has 0 unspecified atom stereocenters. The lowest BCUT2D eigenvalue weighted by molar-refractivity contribution is -0.119. The first kappa shape index (κ1) is 51.6. The van der Waals surface area contributed by atoms with Crippen LogP contribution in [0.1, 0.15) is 76.3 Å². The van der Waals surface area contributed by atoms with Crippen LogP contribution in [0.2, 0.25) is 5.28 Å². The number of carbonyl (C=O) groups is 4. The average Bonchev–Trinajstić information content (AvgIpc) is 3.83. The fourth-order valence-electron chi connectivity index (χ4n) is 6.62. The molecule has 0 atom stereocenters. The van der Waals surface area contributed by atoms with E-state index < -0.39 is 12.1 Å². The van der Waals surface area contributed by atoms with E-state index >= 15 is 0 Å². The van der Waals surface area contributed by atoms with Crippen molar-refractivity contribution in [2.75, 3.05) is 23.7 Å². The van der Waals surface area contributed by atoms with Crippen molar-refractivity contribution in [2.45, 2.75) is 86.7 Å². The molecule has 4 heterocycles. The van der Waals surface area contributed by atoms with E-state index in [-0.39, 0.29) is 50.7 Å². The molecule has 18 nitrogen and oxygen atoms in total. The van der Waals surface area contributed by atoms with Crippen molar-refractivity contribution >= 4 is 47.4 Å². The van der Waals surface area contributed by atoms with Crippen LogP contribution in [0.4, 0.5) is 21.5 Å². The molecule has 0 spiro atoms. The molecule has 8 rings (SSSR count). The summed E-state index contributed by atoms with van der Waals surface area (Å²) in [5.41, 5.74) is 20.4. The van der Waals surface area contributed by atoms with E-state index in [0.717, 1.165) is 29.5 Å². The highest BCUT2D eigenvalue weighted by Crippen LogP contribution is 2.15. The number of amides is 6. The van der Waals surface area contributed by atoms with Crippen LogP contribution < -0.4 is 32.7 Å². The van der Waals surface area contributed by atoms with Crippen molar-refractivity contribution in [1.82, 2.24) is 50.3 Å². The summed E-state index contributed by atoms with van der Waals surface area (Å²) >= 11 is 5.93. The quantitative estimate of drug-likeness (QED) is 0.0616. The lowest BCUT2D eigenvalue weighted by Gasteiger charge is -2.14. The van der Waals surface area contributed by atoms with Gasteiger partial charge in [0, 0.05) is 32.6 Å². The number of nitrogens with zero attached hydrogens (tertiary/aromatic N) is 8. The summed E-state index contributed by atoms with van der Waals surface area (Å²) < 4.78 is 0. The van der Waals surface area contributed by atoms with E-state index in [9.17, 15) is 19.2 Å². The molecule has 68 heavy (non-hydrogen) atoms. The van der Waals surface area contributed by atoms with Gasteiger partial charge in [0.1, 0.15) is 18.9 Å². The van der Waals surface area contributed by atoms with Gasteiger partial charge in [0.15, 0.2) is 11.6 Å². The zero-order chi connectivity index (χ0) is 47.7. The van der Waals surface area contributed by atoms with Crippen LogP contribution in [0, 0.1) is 13.8 Å². The van der Waals surface area contributed by atoms with Crippen molar-refractivity contribution < 1.29 is 19.2 Å². The van der Waals surface area contributed by atoms with Gasteiger partial charge in [-0.15, -0.1) is 0 Å². The van der Waals surface area contributed by atoms with Crippen LogP contribution in [0.15, 0.2) is 97.1 Å². The van der Waals surface area contributed by atoms with Crippen molar-refractivity contribution in [3.8, 4) is 0 Å². The van der Waals surface area contributed by atoms with Crippen molar-refractivity contribution in [3.05, 3.63) is 164 Å². The van der Waals surface area contributed by atoms with Crippen molar-refractivity contribution in [1.29, 1.82) is 0 Å². The van der Waals surface area contributed by atoms with Gasteiger partial charge >= 0.3 is 12.1 Å². The molecule has 0 radical (unpaired) electrons. The minimum Gasteiger partial charge on any atom is -0.350 e. The summed E-state index contributed by atoms with van der Waals surface area (Å²) in [6.45, 7) is 8.65. The summed E-state index contributed by atoms with van der Waals surface area (Å²) in [7, 11) is 0. The van der Waals surface area contributed by atoms with Crippen LogP contribution >= 0.6 is 11.6 Å². The molecule has 2 aromatic heterocycles. The Hall–Kier alpha value is -7.41. The monoisotopic (exact) mass is 942 g/mol. The zero-order valence-electron chi connectivity index (χ0n) is 37.8. The highest BCUT2D eigenvalue weighted by atomic mass is 35.5. The van der Waals surface area contributed by atoms with E-state index in [1.807, 2.05) is 36.4 Å². The second kappa shape index (κ2) is 25.5. The zero-order valence-corrected chi connectivity index (χ0v) is 38.5. The lowest BCUT2D eigenvalue weighted by Crippen LogP contribution is -2.29. The van der Waals surface area contributed by atoms with Gasteiger partial charge in [0.2, 0.25) is 29.0 Å². The first-order valence-corrected chi connectivity index (χ1v) is 22.2. The molecule has 6 aromatic rings. The smallest absolute Gasteiger partial charge is 0.324 e. The van der Waals surface area contributed by atoms with E-state index in [0.29, 0.717) is 62.0 Å². The summed E-state index contributed by atoms with van der Waals surface area (Å²) in [6.07, 6.45) is 2.41. The second-order valence-electron chi connectivity index (χ2n) is 15.8. The van der Waals surface area contributed by atoms with E-state index in [4.69, 9.17) is 23.1 Å². The molecule has 0 aliphatic carbocycles. The molecule has 2 saturated heterocycles. The summed E-state index contributed by atoms with van der Waals surface area (Å²) in [4.78, 5) is 74.9. The molecule has 4 aromatic carbocycles. The standard InChI is InChI=1S/C24H27N7O2.C16H17ClN6O2.C8H11N.CH4/c1-16-2-4-17(5-3-16)10-11-20-27-21(14-31-15-22(32)30-24(31)33)29-23(28-20)26-13-19-8-6-18(12-25)7-9-19;1-2-10-3-5-11(6-4-10)7-18-15-20-12(19-14(17)22-15)8-23-9-13(24)21-16(23)25;1-7-2-4-8(6-9)5-3-7;/h2-9H,10-15,25H2,1H3,(H,30,32,33)(H,26,27,28,29);3-6H,2,7-9H2,1H3,(H,21,24,25)(H,18,19,20,22);2-5H,6,9H2,1H3;1H4. The van der Waals surface area contributed by atoms with Gasteiger partial charge < -0.3 is 31.9 Å². The molecule has 2 aliphatic heterocycles. The van der Waals surface area contributed by atoms with E-state index in [1.54, 1.807) is 0 Å². The largest absolute Gasteiger partial charge is 0.350 e.